The number of fused-ring (bicyclic) bond motifs is 1. The minimum Gasteiger partial charge on any atom is -0.331 e. The molecule has 4 nitrogen and oxygen atoms in total. The van der Waals surface area contributed by atoms with Crippen LogP contribution in [0.2, 0.25) is 0 Å². The molecular formula is C13H6FN3OS2. The van der Waals surface area contributed by atoms with E-state index in [1.54, 1.807) is 17.5 Å². The fraction of sp³-hybridized carbons (Fsp3) is 0. The van der Waals surface area contributed by atoms with Crippen LogP contribution in [0.15, 0.2) is 34.4 Å². The van der Waals surface area contributed by atoms with Crippen LogP contribution in [-0.2, 0) is 0 Å². The average Bonchev–Trinajstić information content (AvgIpc) is 2.89. The fourth-order valence-corrected chi connectivity index (χ4v) is 2.99. The molecule has 1 N–H and O–H groups in total. The van der Waals surface area contributed by atoms with Crippen LogP contribution in [-0.4, -0.2) is 9.55 Å². The highest BCUT2D eigenvalue weighted by atomic mass is 32.1. The Morgan fingerprint density at radius 2 is 2.20 bits per heavy atom. The number of benzene rings is 1. The molecule has 0 saturated heterocycles. The predicted molar refractivity (Wildman–Crippen MR) is 77.3 cm³/mol. The van der Waals surface area contributed by atoms with Crippen LogP contribution in [0.3, 0.4) is 0 Å². The van der Waals surface area contributed by atoms with Crippen molar-refractivity contribution in [1.29, 1.82) is 5.26 Å². The Labute approximate surface area is 121 Å². The first-order valence-corrected chi connectivity index (χ1v) is 6.83. The molecule has 0 saturated carbocycles. The van der Waals surface area contributed by atoms with Gasteiger partial charge in [0.1, 0.15) is 16.6 Å². The van der Waals surface area contributed by atoms with E-state index in [9.17, 15) is 9.18 Å². The van der Waals surface area contributed by atoms with Crippen LogP contribution in [0, 0.1) is 21.9 Å². The molecule has 0 radical (unpaired) electrons. The van der Waals surface area contributed by atoms with Gasteiger partial charge in [0.15, 0.2) is 4.77 Å². The maximum Gasteiger partial charge on any atom is 0.276 e. The van der Waals surface area contributed by atoms with E-state index in [1.807, 2.05) is 0 Å². The zero-order valence-electron chi connectivity index (χ0n) is 9.88. The van der Waals surface area contributed by atoms with Crippen molar-refractivity contribution < 1.29 is 4.39 Å². The summed E-state index contributed by atoms with van der Waals surface area (Å²) < 4.78 is 15.3. The summed E-state index contributed by atoms with van der Waals surface area (Å²) in [5.74, 6) is -0.628. The van der Waals surface area contributed by atoms with E-state index in [0.29, 0.717) is 15.9 Å². The van der Waals surface area contributed by atoms with Crippen LogP contribution >= 0.6 is 23.6 Å². The van der Waals surface area contributed by atoms with Crippen molar-refractivity contribution in [2.45, 2.75) is 0 Å². The highest BCUT2D eigenvalue weighted by Crippen LogP contribution is 2.17. The Bertz CT molecular complexity index is 978. The maximum atomic E-state index is 13.3. The molecule has 7 heteroatoms. The first-order valence-electron chi connectivity index (χ1n) is 5.54. The van der Waals surface area contributed by atoms with Gasteiger partial charge in [0.05, 0.1) is 16.8 Å². The summed E-state index contributed by atoms with van der Waals surface area (Å²) in [6, 6.07) is 7.38. The van der Waals surface area contributed by atoms with Crippen LogP contribution in [0.1, 0.15) is 5.56 Å². The van der Waals surface area contributed by atoms with Gasteiger partial charge in [-0.3, -0.25) is 9.36 Å². The summed E-state index contributed by atoms with van der Waals surface area (Å²) in [4.78, 5) is 15.3. The molecule has 3 aromatic rings. The quantitative estimate of drug-likeness (QED) is 0.703. The monoisotopic (exact) mass is 303 g/mol. The van der Waals surface area contributed by atoms with E-state index in [-0.39, 0.29) is 15.9 Å². The van der Waals surface area contributed by atoms with Crippen LogP contribution in [0.5, 0.6) is 0 Å². The van der Waals surface area contributed by atoms with Crippen molar-refractivity contribution in [3.8, 4) is 11.8 Å². The molecular weight excluding hydrogens is 297 g/mol. The number of nitriles is 1. The van der Waals surface area contributed by atoms with Crippen LogP contribution < -0.4 is 5.56 Å². The van der Waals surface area contributed by atoms with Crippen LogP contribution in [0.4, 0.5) is 4.39 Å². The number of hydrogen-bond donors (Lipinski definition) is 1. The fourth-order valence-electron chi connectivity index (χ4n) is 1.91. The Hall–Kier alpha value is -2.30. The largest absolute Gasteiger partial charge is 0.331 e. The summed E-state index contributed by atoms with van der Waals surface area (Å²) in [7, 11) is 0. The second-order valence-electron chi connectivity index (χ2n) is 4.01. The highest BCUT2D eigenvalue weighted by Gasteiger charge is 2.10. The Morgan fingerprint density at radius 3 is 2.95 bits per heavy atom. The molecule has 0 spiro atoms. The zero-order valence-corrected chi connectivity index (χ0v) is 11.5. The summed E-state index contributed by atoms with van der Waals surface area (Å²) >= 11 is 6.46. The van der Waals surface area contributed by atoms with Gasteiger partial charge >= 0.3 is 0 Å². The topological polar surface area (TPSA) is 61.6 Å². The normalized spacial score (nSPS) is 10.6. The van der Waals surface area contributed by atoms with Gasteiger partial charge in [0, 0.05) is 0 Å². The second-order valence-corrected chi connectivity index (χ2v) is 5.31. The lowest BCUT2D eigenvalue weighted by Crippen LogP contribution is -2.19. The lowest BCUT2D eigenvalue weighted by atomic mass is 10.2. The number of thiophene rings is 1. The van der Waals surface area contributed by atoms with Crippen molar-refractivity contribution in [2.75, 3.05) is 0 Å². The number of nitrogens with zero attached hydrogens (tertiary/aromatic N) is 2. The number of nitrogens with one attached hydrogen (secondary N) is 1. The number of halogens is 1. The number of rotatable bonds is 1. The molecule has 2 aromatic heterocycles. The number of hydrogen-bond acceptors (Lipinski definition) is 4. The zero-order chi connectivity index (χ0) is 14.3. The molecule has 0 bridgehead atoms. The van der Waals surface area contributed by atoms with Gasteiger partial charge in [-0.1, -0.05) is 0 Å². The summed E-state index contributed by atoms with van der Waals surface area (Å²) in [6.45, 7) is 0. The molecule has 20 heavy (non-hydrogen) atoms. The maximum absolute atomic E-state index is 13.3. The molecule has 1 aromatic carbocycles. The van der Waals surface area contributed by atoms with Gasteiger partial charge in [-0.05, 0) is 41.9 Å². The Kier molecular flexibility index (Phi) is 2.97. The summed E-state index contributed by atoms with van der Waals surface area (Å²) in [5.41, 5.74) is 0.623. The minimum absolute atomic E-state index is 0.130. The lowest BCUT2D eigenvalue weighted by molar-refractivity contribution is 0.623. The third-order valence-electron chi connectivity index (χ3n) is 2.84. The van der Waals surface area contributed by atoms with Gasteiger partial charge < -0.3 is 4.98 Å². The number of H-pyrrole nitrogens is 1. The van der Waals surface area contributed by atoms with Crippen molar-refractivity contribution in [2.24, 2.45) is 0 Å². The van der Waals surface area contributed by atoms with E-state index in [0.717, 1.165) is 6.07 Å². The van der Waals surface area contributed by atoms with Gasteiger partial charge in [0.2, 0.25) is 0 Å². The second kappa shape index (κ2) is 4.67. The van der Waals surface area contributed by atoms with Gasteiger partial charge in [-0.25, -0.2) is 4.39 Å². The third-order valence-corrected chi connectivity index (χ3v) is 4.02. The van der Waals surface area contributed by atoms with E-state index in [2.05, 4.69) is 4.98 Å². The van der Waals surface area contributed by atoms with E-state index < -0.39 is 5.82 Å². The number of aromatic nitrogens is 2. The van der Waals surface area contributed by atoms with E-state index >= 15 is 0 Å². The molecule has 2 heterocycles. The molecule has 0 amide bonds. The molecule has 0 aliphatic carbocycles. The summed E-state index contributed by atoms with van der Waals surface area (Å²) in [6.07, 6.45) is 0. The SMILES string of the molecule is N#Cc1cc(-n2c(=S)[nH]c3ccsc3c2=O)ccc1F. The van der Waals surface area contributed by atoms with Crippen molar-refractivity contribution in [3.63, 3.8) is 0 Å². The average molecular weight is 303 g/mol. The first kappa shape index (κ1) is 12.7. The van der Waals surface area contributed by atoms with Gasteiger partial charge in [-0.15, -0.1) is 11.3 Å². The van der Waals surface area contributed by atoms with Gasteiger partial charge in [0.25, 0.3) is 5.56 Å². The minimum atomic E-state index is -0.628. The predicted octanol–water partition coefficient (Wildman–Crippen LogP) is 3.12. The molecule has 0 unspecified atom stereocenters. The van der Waals surface area contributed by atoms with Crippen LogP contribution in [0.25, 0.3) is 15.9 Å². The first-order chi connectivity index (χ1) is 9.61. The molecule has 98 valence electrons. The number of aromatic amines is 1. The molecule has 0 aliphatic heterocycles. The summed E-state index contributed by atoms with van der Waals surface area (Å²) in [5, 5.41) is 10.6. The third kappa shape index (κ3) is 1.86. The van der Waals surface area contributed by atoms with Crippen molar-refractivity contribution in [3.05, 3.63) is 56.2 Å². The van der Waals surface area contributed by atoms with Gasteiger partial charge in [-0.2, -0.15) is 5.26 Å². The standard InChI is InChI=1S/C13H6FN3OS2/c14-9-2-1-8(5-7(9)6-15)17-12(18)11-10(3-4-20-11)16-13(17)19/h1-5H,(H,16,19). The van der Waals surface area contributed by atoms with Crippen molar-refractivity contribution >= 4 is 33.8 Å². The lowest BCUT2D eigenvalue weighted by Gasteiger charge is -2.07. The van der Waals surface area contributed by atoms with E-state index in [4.69, 9.17) is 17.5 Å². The van der Waals surface area contributed by atoms with Crippen molar-refractivity contribution in [1.82, 2.24) is 9.55 Å². The van der Waals surface area contributed by atoms with E-state index in [1.165, 1.54) is 28.0 Å². The molecule has 3 rings (SSSR count). The molecule has 0 fully saturated rings. The molecule has 0 atom stereocenters. The Morgan fingerprint density at radius 1 is 1.40 bits per heavy atom. The highest BCUT2D eigenvalue weighted by molar-refractivity contribution is 7.71. The Balaban J connectivity index is 2.38. The molecule has 0 aliphatic rings. The smallest absolute Gasteiger partial charge is 0.276 e.